The summed E-state index contributed by atoms with van der Waals surface area (Å²) in [6, 6.07) is 14.2. The van der Waals surface area contributed by atoms with E-state index in [4.69, 9.17) is 4.74 Å². The molecular formula is C23H26BrN3O4. The van der Waals surface area contributed by atoms with Gasteiger partial charge in [0.15, 0.2) is 6.61 Å². The van der Waals surface area contributed by atoms with Crippen LogP contribution in [-0.4, -0.2) is 37.4 Å². The fraction of sp³-hybridized carbons (Fsp3) is 0.348. The van der Waals surface area contributed by atoms with Crippen LogP contribution in [0.4, 0.5) is 11.4 Å². The number of nitrogens with zero attached hydrogens (tertiary/aromatic N) is 1. The van der Waals surface area contributed by atoms with Crippen LogP contribution >= 0.6 is 15.9 Å². The standard InChI is InChI=1S/C23H26BrN3O4/c1-15(2)12-25-23(30)16-11-22(29)27(13-16)19-7-9-20(10-8-19)31-14-21(28)26-18-5-3-17(24)4-6-18/h3-10,15-16H,11-14H2,1-2H3,(H,25,30)(H,26,28)/t16-/m1/s1. The third kappa shape index (κ3) is 6.55. The lowest BCUT2D eigenvalue weighted by molar-refractivity contribution is -0.126. The van der Waals surface area contributed by atoms with E-state index in [1.165, 1.54) is 0 Å². The van der Waals surface area contributed by atoms with Crippen molar-refractivity contribution in [1.29, 1.82) is 0 Å². The summed E-state index contributed by atoms with van der Waals surface area (Å²) in [6.07, 6.45) is 0.207. The molecule has 0 radical (unpaired) electrons. The first-order chi connectivity index (χ1) is 14.8. The average molecular weight is 488 g/mol. The molecule has 164 valence electrons. The van der Waals surface area contributed by atoms with Crippen LogP contribution in [0.15, 0.2) is 53.0 Å². The number of carbonyl (C=O) groups is 3. The fourth-order valence-electron chi connectivity index (χ4n) is 3.18. The van der Waals surface area contributed by atoms with Gasteiger partial charge in [0.1, 0.15) is 5.75 Å². The molecule has 0 bridgehead atoms. The van der Waals surface area contributed by atoms with Crippen LogP contribution in [-0.2, 0) is 14.4 Å². The van der Waals surface area contributed by atoms with Crippen molar-refractivity contribution in [2.45, 2.75) is 20.3 Å². The second kappa shape index (κ2) is 10.4. The third-order valence-corrected chi connectivity index (χ3v) is 5.36. The van der Waals surface area contributed by atoms with E-state index >= 15 is 0 Å². The van der Waals surface area contributed by atoms with E-state index in [1.54, 1.807) is 41.3 Å². The number of ether oxygens (including phenoxy) is 1. The quantitative estimate of drug-likeness (QED) is 0.595. The molecule has 1 heterocycles. The Hall–Kier alpha value is -2.87. The van der Waals surface area contributed by atoms with Gasteiger partial charge in [0.05, 0.1) is 5.92 Å². The minimum absolute atomic E-state index is 0.0766. The molecule has 1 fully saturated rings. The minimum atomic E-state index is -0.343. The molecule has 3 amide bonds. The van der Waals surface area contributed by atoms with E-state index in [2.05, 4.69) is 26.6 Å². The Morgan fingerprint density at radius 1 is 1.13 bits per heavy atom. The zero-order valence-corrected chi connectivity index (χ0v) is 19.1. The maximum Gasteiger partial charge on any atom is 0.262 e. The molecule has 0 spiro atoms. The number of benzene rings is 2. The first-order valence-electron chi connectivity index (χ1n) is 10.2. The van der Waals surface area contributed by atoms with Crippen LogP contribution in [0.1, 0.15) is 20.3 Å². The van der Waals surface area contributed by atoms with E-state index in [0.29, 0.717) is 36.1 Å². The first kappa shape index (κ1) is 22.8. The second-order valence-corrected chi connectivity index (χ2v) is 8.80. The smallest absolute Gasteiger partial charge is 0.262 e. The Morgan fingerprint density at radius 3 is 2.45 bits per heavy atom. The van der Waals surface area contributed by atoms with Crippen LogP contribution < -0.4 is 20.3 Å². The SMILES string of the molecule is CC(C)CNC(=O)[C@@H]1CC(=O)N(c2ccc(OCC(=O)Nc3ccc(Br)cc3)cc2)C1. The highest BCUT2D eigenvalue weighted by molar-refractivity contribution is 9.10. The Bertz CT molecular complexity index is 929. The van der Waals surface area contributed by atoms with Gasteiger partial charge in [0.25, 0.3) is 5.91 Å². The first-order valence-corrected chi connectivity index (χ1v) is 11.0. The molecule has 1 aliphatic rings. The molecule has 31 heavy (non-hydrogen) atoms. The number of carbonyl (C=O) groups excluding carboxylic acids is 3. The van der Waals surface area contributed by atoms with Crippen molar-refractivity contribution in [3.05, 3.63) is 53.0 Å². The lowest BCUT2D eigenvalue weighted by atomic mass is 10.1. The van der Waals surface area contributed by atoms with Gasteiger partial charge >= 0.3 is 0 Å². The van der Waals surface area contributed by atoms with Gasteiger partial charge in [-0.1, -0.05) is 29.8 Å². The van der Waals surface area contributed by atoms with Crippen LogP contribution in [0, 0.1) is 11.8 Å². The van der Waals surface area contributed by atoms with E-state index in [-0.39, 0.29) is 36.7 Å². The molecule has 3 rings (SSSR count). The molecule has 0 aliphatic carbocycles. The zero-order chi connectivity index (χ0) is 22.4. The largest absolute Gasteiger partial charge is 0.484 e. The monoisotopic (exact) mass is 487 g/mol. The van der Waals surface area contributed by atoms with Crippen LogP contribution in [0.2, 0.25) is 0 Å². The summed E-state index contributed by atoms with van der Waals surface area (Å²) in [5, 5.41) is 5.65. The van der Waals surface area contributed by atoms with Gasteiger partial charge in [-0.2, -0.15) is 0 Å². The number of hydrogen-bond acceptors (Lipinski definition) is 4. The number of nitrogens with one attached hydrogen (secondary N) is 2. The molecular weight excluding hydrogens is 462 g/mol. The van der Waals surface area contributed by atoms with Gasteiger partial charge in [-0.05, 0) is 54.4 Å². The third-order valence-electron chi connectivity index (χ3n) is 4.83. The number of halogens is 1. The molecule has 0 unspecified atom stereocenters. The maximum atomic E-state index is 12.4. The van der Waals surface area contributed by atoms with Crippen molar-refractivity contribution in [1.82, 2.24) is 5.32 Å². The lowest BCUT2D eigenvalue weighted by Crippen LogP contribution is -2.35. The number of rotatable bonds is 8. The van der Waals surface area contributed by atoms with Crippen LogP contribution in [0.3, 0.4) is 0 Å². The molecule has 2 N–H and O–H groups in total. The van der Waals surface area contributed by atoms with Crippen molar-refractivity contribution in [3.63, 3.8) is 0 Å². The van der Waals surface area contributed by atoms with Crippen molar-refractivity contribution in [2.75, 3.05) is 29.9 Å². The highest BCUT2D eigenvalue weighted by Crippen LogP contribution is 2.27. The summed E-state index contributed by atoms with van der Waals surface area (Å²) in [5.41, 5.74) is 1.39. The van der Waals surface area contributed by atoms with Gasteiger partial charge in [0.2, 0.25) is 11.8 Å². The second-order valence-electron chi connectivity index (χ2n) is 7.88. The topological polar surface area (TPSA) is 87.7 Å². The Kier molecular flexibility index (Phi) is 7.68. The Balaban J connectivity index is 1.50. The van der Waals surface area contributed by atoms with Gasteiger partial charge in [-0.25, -0.2) is 0 Å². The Morgan fingerprint density at radius 2 is 1.81 bits per heavy atom. The summed E-state index contributed by atoms with van der Waals surface area (Å²) in [5.74, 6) is 0.114. The van der Waals surface area contributed by atoms with Crippen molar-refractivity contribution >= 4 is 45.0 Å². The van der Waals surface area contributed by atoms with Gasteiger partial charge in [-0.3, -0.25) is 14.4 Å². The Labute approximate surface area is 190 Å². The average Bonchev–Trinajstić information content (AvgIpc) is 3.14. The summed E-state index contributed by atoms with van der Waals surface area (Å²) in [6.45, 7) is 4.89. The number of anilines is 2. The highest BCUT2D eigenvalue weighted by Gasteiger charge is 2.35. The fourth-order valence-corrected chi connectivity index (χ4v) is 3.45. The summed E-state index contributed by atoms with van der Waals surface area (Å²) >= 11 is 3.35. The molecule has 2 aromatic carbocycles. The minimum Gasteiger partial charge on any atom is -0.484 e. The van der Waals surface area contributed by atoms with E-state index < -0.39 is 0 Å². The van der Waals surface area contributed by atoms with E-state index in [0.717, 1.165) is 4.47 Å². The maximum absolute atomic E-state index is 12.4. The van der Waals surface area contributed by atoms with Crippen molar-refractivity contribution in [3.8, 4) is 5.75 Å². The van der Waals surface area contributed by atoms with Gasteiger partial charge in [0, 0.05) is 35.4 Å². The molecule has 1 atom stereocenters. The molecule has 0 saturated carbocycles. The molecule has 7 nitrogen and oxygen atoms in total. The lowest BCUT2D eigenvalue weighted by Gasteiger charge is -2.17. The molecule has 1 saturated heterocycles. The molecule has 2 aromatic rings. The highest BCUT2D eigenvalue weighted by atomic mass is 79.9. The summed E-state index contributed by atoms with van der Waals surface area (Å²) in [4.78, 5) is 38.3. The number of amides is 3. The molecule has 8 heteroatoms. The summed E-state index contributed by atoms with van der Waals surface area (Å²) in [7, 11) is 0. The van der Waals surface area contributed by atoms with Gasteiger partial charge in [-0.15, -0.1) is 0 Å². The van der Waals surface area contributed by atoms with Crippen molar-refractivity contribution in [2.24, 2.45) is 11.8 Å². The van der Waals surface area contributed by atoms with Crippen LogP contribution in [0.5, 0.6) is 5.75 Å². The summed E-state index contributed by atoms with van der Waals surface area (Å²) < 4.78 is 6.46. The molecule has 0 aromatic heterocycles. The normalized spacial score (nSPS) is 15.8. The van der Waals surface area contributed by atoms with E-state index in [1.807, 2.05) is 26.0 Å². The van der Waals surface area contributed by atoms with Crippen molar-refractivity contribution < 1.29 is 19.1 Å². The molecule has 1 aliphatic heterocycles. The predicted octanol–water partition coefficient (Wildman–Crippen LogP) is 3.59. The predicted molar refractivity (Wildman–Crippen MR) is 123 cm³/mol. The van der Waals surface area contributed by atoms with Gasteiger partial charge < -0.3 is 20.3 Å². The zero-order valence-electron chi connectivity index (χ0n) is 17.6. The van der Waals surface area contributed by atoms with E-state index in [9.17, 15) is 14.4 Å². The number of hydrogen-bond donors (Lipinski definition) is 2. The van der Waals surface area contributed by atoms with Crippen LogP contribution in [0.25, 0.3) is 0 Å².